The van der Waals surface area contributed by atoms with Crippen LogP contribution in [0, 0.1) is 30.9 Å². The van der Waals surface area contributed by atoms with Crippen LogP contribution < -0.4 is 10.2 Å². The van der Waals surface area contributed by atoms with Gasteiger partial charge in [-0.3, -0.25) is 14.9 Å². The molecule has 1 heterocycles. The summed E-state index contributed by atoms with van der Waals surface area (Å²) in [5.41, 5.74) is 1.85. The van der Waals surface area contributed by atoms with Crippen LogP contribution in [0.5, 0.6) is 0 Å². The predicted molar refractivity (Wildman–Crippen MR) is 90.1 cm³/mol. The zero-order valence-corrected chi connectivity index (χ0v) is 14.3. The highest BCUT2D eigenvalue weighted by atomic mass is 16.6. The number of nitrogens with zero attached hydrogens (tertiary/aromatic N) is 1. The monoisotopic (exact) mass is 332 g/mol. The van der Waals surface area contributed by atoms with E-state index in [0.29, 0.717) is 6.54 Å². The Labute approximate surface area is 140 Å². The summed E-state index contributed by atoms with van der Waals surface area (Å²) in [6.45, 7) is 6.27. The van der Waals surface area contributed by atoms with E-state index < -0.39 is 4.92 Å². The number of rotatable bonds is 6. The number of carbonyl (C=O) groups excluding carboxylic acids is 1. The summed E-state index contributed by atoms with van der Waals surface area (Å²) in [7, 11) is 1.87. The molecule has 1 aromatic heterocycles. The van der Waals surface area contributed by atoms with E-state index in [0.717, 1.165) is 27.5 Å². The van der Waals surface area contributed by atoms with E-state index in [1.54, 1.807) is 13.0 Å². The number of quaternary nitrogens is 1. The number of anilines is 1. The van der Waals surface area contributed by atoms with Gasteiger partial charge in [0.1, 0.15) is 18.0 Å². The molecule has 7 heteroatoms. The number of nitro benzene ring substituents is 1. The first-order valence-electron chi connectivity index (χ1n) is 7.68. The van der Waals surface area contributed by atoms with Crippen molar-refractivity contribution in [2.24, 2.45) is 0 Å². The van der Waals surface area contributed by atoms with Gasteiger partial charge in [-0.2, -0.15) is 0 Å². The highest BCUT2D eigenvalue weighted by Gasteiger charge is 2.19. The lowest BCUT2D eigenvalue weighted by atomic mass is 10.1. The third-order valence-electron chi connectivity index (χ3n) is 3.82. The van der Waals surface area contributed by atoms with Crippen LogP contribution in [0.15, 0.2) is 28.7 Å². The van der Waals surface area contributed by atoms with Gasteiger partial charge in [-0.05, 0) is 50.1 Å². The highest BCUT2D eigenvalue weighted by molar-refractivity contribution is 5.94. The summed E-state index contributed by atoms with van der Waals surface area (Å²) in [6.07, 6.45) is 0. The molecule has 128 valence electrons. The van der Waals surface area contributed by atoms with E-state index in [1.165, 1.54) is 6.07 Å². The average Bonchev–Trinajstić information content (AvgIpc) is 2.87. The lowest BCUT2D eigenvalue weighted by Gasteiger charge is -2.13. The van der Waals surface area contributed by atoms with Gasteiger partial charge < -0.3 is 14.6 Å². The summed E-state index contributed by atoms with van der Waals surface area (Å²) in [5.74, 6) is 1.35. The Morgan fingerprint density at radius 3 is 2.50 bits per heavy atom. The minimum Gasteiger partial charge on any atom is -0.460 e. The van der Waals surface area contributed by atoms with Crippen molar-refractivity contribution in [1.29, 1.82) is 0 Å². The van der Waals surface area contributed by atoms with Gasteiger partial charge in [0, 0.05) is 6.07 Å². The zero-order valence-electron chi connectivity index (χ0n) is 14.3. The van der Waals surface area contributed by atoms with Gasteiger partial charge in [0.25, 0.3) is 11.6 Å². The van der Waals surface area contributed by atoms with Crippen molar-refractivity contribution < 1.29 is 19.0 Å². The first-order chi connectivity index (χ1) is 11.3. The van der Waals surface area contributed by atoms with Gasteiger partial charge in [-0.25, -0.2) is 0 Å². The molecule has 2 aromatic rings. The molecule has 0 bridgehead atoms. The fraction of sp³-hybridized carbons (Fsp3) is 0.353. The normalized spacial score (nSPS) is 12.0. The number of hydrogen-bond acceptors (Lipinski definition) is 4. The topological polar surface area (TPSA) is 89.8 Å². The Hall–Kier alpha value is -2.67. The van der Waals surface area contributed by atoms with E-state index in [2.05, 4.69) is 5.32 Å². The first-order valence-corrected chi connectivity index (χ1v) is 7.68. The Morgan fingerprint density at radius 1 is 1.25 bits per heavy atom. The summed E-state index contributed by atoms with van der Waals surface area (Å²) >= 11 is 0. The lowest BCUT2D eigenvalue weighted by molar-refractivity contribution is -0.886. The van der Waals surface area contributed by atoms with E-state index in [-0.39, 0.29) is 23.8 Å². The second kappa shape index (κ2) is 7.27. The summed E-state index contributed by atoms with van der Waals surface area (Å²) in [4.78, 5) is 23.8. The molecule has 0 fully saturated rings. The fourth-order valence-electron chi connectivity index (χ4n) is 2.46. The Bertz CT molecular complexity index is 767. The molecule has 1 aromatic carbocycles. The summed E-state index contributed by atoms with van der Waals surface area (Å²) in [5, 5.41) is 13.8. The fourth-order valence-corrected chi connectivity index (χ4v) is 2.46. The maximum absolute atomic E-state index is 12.2. The van der Waals surface area contributed by atoms with Crippen molar-refractivity contribution >= 4 is 17.3 Å². The number of likely N-dealkylation sites (N-methyl/N-ethyl adjacent to an activating group) is 1. The van der Waals surface area contributed by atoms with Gasteiger partial charge in [0.2, 0.25) is 0 Å². The van der Waals surface area contributed by atoms with Crippen LogP contribution in [0.25, 0.3) is 0 Å². The van der Waals surface area contributed by atoms with E-state index >= 15 is 0 Å². The number of benzene rings is 1. The molecule has 1 unspecified atom stereocenters. The summed E-state index contributed by atoms with van der Waals surface area (Å²) < 4.78 is 5.49. The minimum atomic E-state index is -0.482. The van der Waals surface area contributed by atoms with E-state index in [9.17, 15) is 14.9 Å². The molecule has 1 amide bonds. The molecule has 2 rings (SSSR count). The molecule has 24 heavy (non-hydrogen) atoms. The molecule has 7 nitrogen and oxygen atoms in total. The average molecular weight is 332 g/mol. The molecular weight excluding hydrogens is 310 g/mol. The number of hydrogen-bond donors (Lipinski definition) is 2. The van der Waals surface area contributed by atoms with Crippen LogP contribution in [0.1, 0.15) is 22.6 Å². The number of furan rings is 1. The Morgan fingerprint density at radius 2 is 1.92 bits per heavy atom. The smallest absolute Gasteiger partial charge is 0.293 e. The molecule has 0 saturated carbocycles. The van der Waals surface area contributed by atoms with Crippen LogP contribution in [0.2, 0.25) is 0 Å². The van der Waals surface area contributed by atoms with Crippen molar-refractivity contribution in [2.45, 2.75) is 27.3 Å². The number of aryl methyl sites for hydroxylation is 3. The largest absolute Gasteiger partial charge is 0.460 e. The van der Waals surface area contributed by atoms with Crippen LogP contribution in [0.3, 0.4) is 0 Å². The first kappa shape index (κ1) is 17.7. The second-order valence-corrected chi connectivity index (χ2v) is 6.08. The third-order valence-corrected chi connectivity index (χ3v) is 3.82. The van der Waals surface area contributed by atoms with Gasteiger partial charge in [-0.1, -0.05) is 0 Å². The molecule has 2 N–H and O–H groups in total. The Balaban J connectivity index is 2.04. The SMILES string of the molecule is Cc1ccc(C[NH+](C)CC(=O)Nc2cc(C)c(C)cc2[N+](=O)[O-])o1. The number of amides is 1. The van der Waals surface area contributed by atoms with Crippen LogP contribution in [-0.2, 0) is 11.3 Å². The summed E-state index contributed by atoms with van der Waals surface area (Å²) in [6, 6.07) is 6.87. The van der Waals surface area contributed by atoms with Crippen LogP contribution >= 0.6 is 0 Å². The van der Waals surface area contributed by atoms with Crippen molar-refractivity contribution in [3.05, 3.63) is 57.0 Å². The van der Waals surface area contributed by atoms with Crippen molar-refractivity contribution in [3.63, 3.8) is 0 Å². The third kappa shape index (κ3) is 4.42. The maximum atomic E-state index is 12.2. The van der Waals surface area contributed by atoms with Gasteiger partial charge in [0.15, 0.2) is 12.3 Å². The van der Waals surface area contributed by atoms with Crippen LogP contribution in [-0.4, -0.2) is 24.4 Å². The van der Waals surface area contributed by atoms with E-state index in [4.69, 9.17) is 4.42 Å². The van der Waals surface area contributed by atoms with Crippen LogP contribution in [0.4, 0.5) is 11.4 Å². The number of nitro groups is 1. The Kier molecular flexibility index (Phi) is 5.35. The van der Waals surface area contributed by atoms with Crippen molar-refractivity contribution in [1.82, 2.24) is 0 Å². The second-order valence-electron chi connectivity index (χ2n) is 6.08. The molecule has 0 saturated heterocycles. The standard InChI is InChI=1S/C17H21N3O4/c1-11-7-15(16(20(22)23)8-12(11)2)18-17(21)10-19(4)9-14-6-5-13(3)24-14/h5-8H,9-10H2,1-4H3,(H,18,21)/p+1. The molecular formula is C17H22N3O4+. The van der Waals surface area contributed by atoms with Crippen molar-refractivity contribution in [3.8, 4) is 0 Å². The molecule has 0 aliphatic rings. The number of nitrogens with one attached hydrogen (secondary N) is 2. The molecule has 0 spiro atoms. The quantitative estimate of drug-likeness (QED) is 0.623. The maximum Gasteiger partial charge on any atom is 0.293 e. The highest BCUT2D eigenvalue weighted by Crippen LogP contribution is 2.27. The van der Waals surface area contributed by atoms with Gasteiger partial charge >= 0.3 is 0 Å². The van der Waals surface area contributed by atoms with Crippen molar-refractivity contribution in [2.75, 3.05) is 18.9 Å². The number of carbonyl (C=O) groups is 1. The molecule has 0 aliphatic carbocycles. The van der Waals surface area contributed by atoms with Gasteiger partial charge in [0.05, 0.1) is 12.0 Å². The van der Waals surface area contributed by atoms with E-state index in [1.807, 2.05) is 33.0 Å². The predicted octanol–water partition coefficient (Wildman–Crippen LogP) is 1.77. The molecule has 1 atom stereocenters. The zero-order chi connectivity index (χ0) is 17.9. The molecule has 0 aliphatic heterocycles. The molecule has 0 radical (unpaired) electrons. The van der Waals surface area contributed by atoms with Gasteiger partial charge in [-0.15, -0.1) is 0 Å². The minimum absolute atomic E-state index is 0.0919. The lowest BCUT2D eigenvalue weighted by Crippen LogP contribution is -3.08.